The molecular formula is C13H23N5OS. The van der Waals surface area contributed by atoms with Gasteiger partial charge in [0.25, 0.3) is 0 Å². The first-order valence-electron chi connectivity index (χ1n) is 7.21. The highest BCUT2D eigenvalue weighted by molar-refractivity contribution is 7.99. The molecule has 0 unspecified atom stereocenters. The van der Waals surface area contributed by atoms with Crippen LogP contribution in [0.15, 0.2) is 11.2 Å². The van der Waals surface area contributed by atoms with Crippen molar-refractivity contribution in [2.75, 3.05) is 25.9 Å². The SMILES string of the molecule is CN1CCCC[C@@H]1CCC(=O)NCCSc1cn[nH]n1. The summed E-state index contributed by atoms with van der Waals surface area (Å²) in [5, 5.41) is 14.1. The first-order chi connectivity index (χ1) is 9.75. The summed E-state index contributed by atoms with van der Waals surface area (Å²) < 4.78 is 0. The standard InChI is InChI=1S/C13H23N5OS/c1-18-8-3-2-4-11(18)5-6-12(19)14-7-9-20-13-10-15-17-16-13/h10-11H,2-9H2,1H3,(H,14,19)(H,15,16,17)/t11-/m1/s1. The minimum absolute atomic E-state index is 0.157. The van der Waals surface area contributed by atoms with Gasteiger partial charge in [-0.1, -0.05) is 6.42 Å². The fourth-order valence-corrected chi connectivity index (χ4v) is 3.15. The number of aromatic amines is 1. The summed E-state index contributed by atoms with van der Waals surface area (Å²) in [4.78, 5) is 14.2. The van der Waals surface area contributed by atoms with Crippen molar-refractivity contribution in [3.05, 3.63) is 6.20 Å². The molecule has 6 nitrogen and oxygen atoms in total. The van der Waals surface area contributed by atoms with Crippen molar-refractivity contribution < 1.29 is 4.79 Å². The molecule has 1 aliphatic heterocycles. The minimum Gasteiger partial charge on any atom is -0.355 e. The van der Waals surface area contributed by atoms with E-state index in [4.69, 9.17) is 0 Å². The lowest BCUT2D eigenvalue weighted by molar-refractivity contribution is -0.121. The highest BCUT2D eigenvalue weighted by Crippen LogP contribution is 2.18. The van der Waals surface area contributed by atoms with Crippen LogP contribution in [-0.2, 0) is 4.79 Å². The van der Waals surface area contributed by atoms with Gasteiger partial charge in [0, 0.05) is 24.8 Å². The van der Waals surface area contributed by atoms with Crippen LogP contribution in [0.25, 0.3) is 0 Å². The first kappa shape index (κ1) is 15.3. The fourth-order valence-electron chi connectivity index (χ4n) is 2.50. The molecule has 0 radical (unpaired) electrons. The number of amides is 1. The number of thioether (sulfide) groups is 1. The van der Waals surface area contributed by atoms with Gasteiger partial charge >= 0.3 is 0 Å². The second-order valence-electron chi connectivity index (χ2n) is 5.18. The summed E-state index contributed by atoms with van der Waals surface area (Å²) in [5.41, 5.74) is 0. The first-order valence-corrected chi connectivity index (χ1v) is 8.20. The Morgan fingerprint density at radius 1 is 1.60 bits per heavy atom. The van der Waals surface area contributed by atoms with Gasteiger partial charge in [0.05, 0.1) is 6.20 Å². The second-order valence-corrected chi connectivity index (χ2v) is 6.29. The van der Waals surface area contributed by atoms with Crippen LogP contribution < -0.4 is 5.32 Å². The van der Waals surface area contributed by atoms with Crippen molar-refractivity contribution in [3.8, 4) is 0 Å². The Kier molecular flexibility index (Phi) is 6.32. The number of likely N-dealkylation sites (tertiary alicyclic amines) is 1. The molecule has 0 aromatic carbocycles. The van der Waals surface area contributed by atoms with Crippen LogP contribution in [-0.4, -0.2) is 58.1 Å². The molecule has 7 heteroatoms. The average Bonchev–Trinajstić information content (AvgIpc) is 2.96. The minimum atomic E-state index is 0.157. The topological polar surface area (TPSA) is 73.9 Å². The largest absolute Gasteiger partial charge is 0.355 e. The van der Waals surface area contributed by atoms with Crippen LogP contribution in [0.5, 0.6) is 0 Å². The van der Waals surface area contributed by atoms with Crippen LogP contribution in [0.1, 0.15) is 32.1 Å². The molecule has 0 bridgehead atoms. The molecule has 1 saturated heterocycles. The molecule has 0 spiro atoms. The van der Waals surface area contributed by atoms with Gasteiger partial charge in [-0.15, -0.1) is 16.9 Å². The van der Waals surface area contributed by atoms with Gasteiger partial charge in [-0.2, -0.15) is 10.3 Å². The summed E-state index contributed by atoms with van der Waals surface area (Å²) in [6, 6.07) is 0.582. The van der Waals surface area contributed by atoms with E-state index in [9.17, 15) is 4.79 Å². The molecule has 2 N–H and O–H groups in total. The van der Waals surface area contributed by atoms with E-state index in [-0.39, 0.29) is 5.91 Å². The van der Waals surface area contributed by atoms with Gasteiger partial charge in [0.15, 0.2) is 0 Å². The number of nitrogens with one attached hydrogen (secondary N) is 2. The summed E-state index contributed by atoms with van der Waals surface area (Å²) in [6.45, 7) is 1.84. The number of nitrogens with zero attached hydrogens (tertiary/aromatic N) is 3. The predicted molar refractivity (Wildman–Crippen MR) is 79.6 cm³/mol. The Labute approximate surface area is 124 Å². The van der Waals surface area contributed by atoms with Gasteiger partial charge in [0.1, 0.15) is 5.03 Å². The third-order valence-electron chi connectivity index (χ3n) is 3.69. The zero-order chi connectivity index (χ0) is 14.2. The summed E-state index contributed by atoms with van der Waals surface area (Å²) in [7, 11) is 2.16. The molecule has 1 atom stereocenters. The Morgan fingerprint density at radius 2 is 2.50 bits per heavy atom. The monoisotopic (exact) mass is 297 g/mol. The van der Waals surface area contributed by atoms with E-state index in [1.165, 1.54) is 25.8 Å². The highest BCUT2D eigenvalue weighted by atomic mass is 32.2. The van der Waals surface area contributed by atoms with E-state index >= 15 is 0 Å². The van der Waals surface area contributed by atoms with Crippen LogP contribution >= 0.6 is 11.8 Å². The maximum atomic E-state index is 11.8. The van der Waals surface area contributed by atoms with Crippen LogP contribution in [0.4, 0.5) is 0 Å². The van der Waals surface area contributed by atoms with Crippen LogP contribution in [0.2, 0.25) is 0 Å². The van der Waals surface area contributed by atoms with E-state index in [0.29, 0.717) is 19.0 Å². The molecule has 1 amide bonds. The van der Waals surface area contributed by atoms with Gasteiger partial charge in [-0.05, 0) is 32.9 Å². The van der Waals surface area contributed by atoms with Crippen molar-refractivity contribution in [2.24, 2.45) is 0 Å². The smallest absolute Gasteiger partial charge is 0.220 e. The van der Waals surface area contributed by atoms with E-state index in [0.717, 1.165) is 17.2 Å². The second kappa shape index (κ2) is 8.26. The van der Waals surface area contributed by atoms with Crippen molar-refractivity contribution in [2.45, 2.75) is 43.2 Å². The summed E-state index contributed by atoms with van der Waals surface area (Å²) >= 11 is 1.59. The molecule has 2 rings (SSSR count). The predicted octanol–water partition coefficient (Wildman–Crippen LogP) is 1.28. The normalized spacial score (nSPS) is 19.9. The number of rotatable bonds is 7. The van der Waals surface area contributed by atoms with Gasteiger partial charge in [-0.25, -0.2) is 0 Å². The zero-order valence-corrected chi connectivity index (χ0v) is 12.8. The number of carbonyl (C=O) groups is 1. The maximum Gasteiger partial charge on any atom is 0.220 e. The van der Waals surface area contributed by atoms with Crippen LogP contribution in [0.3, 0.4) is 0 Å². The number of hydrogen-bond acceptors (Lipinski definition) is 5. The molecule has 112 valence electrons. The lowest BCUT2D eigenvalue weighted by atomic mass is 9.98. The molecule has 20 heavy (non-hydrogen) atoms. The third-order valence-corrected chi connectivity index (χ3v) is 4.59. The molecule has 0 saturated carbocycles. The van der Waals surface area contributed by atoms with E-state index in [1.54, 1.807) is 18.0 Å². The molecule has 1 aromatic rings. The third kappa shape index (κ3) is 5.13. The van der Waals surface area contributed by atoms with Crippen molar-refractivity contribution >= 4 is 17.7 Å². The Morgan fingerprint density at radius 3 is 3.25 bits per heavy atom. The van der Waals surface area contributed by atoms with E-state index in [2.05, 4.69) is 32.7 Å². The number of piperidine rings is 1. The van der Waals surface area contributed by atoms with E-state index in [1.807, 2.05) is 0 Å². The van der Waals surface area contributed by atoms with Gasteiger partial charge in [0.2, 0.25) is 5.91 Å². The van der Waals surface area contributed by atoms with Crippen molar-refractivity contribution in [1.29, 1.82) is 0 Å². The molecule has 0 aliphatic carbocycles. The zero-order valence-electron chi connectivity index (χ0n) is 12.0. The number of hydrogen-bond donors (Lipinski definition) is 2. The van der Waals surface area contributed by atoms with Crippen LogP contribution in [0, 0.1) is 0 Å². The highest BCUT2D eigenvalue weighted by Gasteiger charge is 2.19. The summed E-state index contributed by atoms with van der Waals surface area (Å²) in [6.07, 6.45) is 7.10. The number of H-pyrrole nitrogens is 1. The summed E-state index contributed by atoms with van der Waals surface area (Å²) in [5.74, 6) is 0.978. The van der Waals surface area contributed by atoms with Crippen molar-refractivity contribution in [3.63, 3.8) is 0 Å². The molecule has 1 aliphatic rings. The molecule has 2 heterocycles. The molecule has 1 fully saturated rings. The molecule has 1 aromatic heterocycles. The average molecular weight is 297 g/mol. The van der Waals surface area contributed by atoms with Crippen molar-refractivity contribution in [1.82, 2.24) is 25.6 Å². The Bertz CT molecular complexity index is 397. The fraction of sp³-hybridized carbons (Fsp3) is 0.769. The van der Waals surface area contributed by atoms with E-state index < -0.39 is 0 Å². The number of carbonyl (C=O) groups excluding carboxylic acids is 1. The quantitative estimate of drug-likeness (QED) is 0.586. The van der Waals surface area contributed by atoms with Gasteiger partial charge in [-0.3, -0.25) is 4.79 Å². The lowest BCUT2D eigenvalue weighted by Crippen LogP contribution is -2.37. The lowest BCUT2D eigenvalue weighted by Gasteiger charge is -2.32. The Hall–Kier alpha value is -1.08. The Balaban J connectivity index is 1.53. The number of aromatic nitrogens is 3. The maximum absolute atomic E-state index is 11.8. The van der Waals surface area contributed by atoms with Gasteiger partial charge < -0.3 is 10.2 Å². The molecular weight excluding hydrogens is 274 g/mol.